The van der Waals surface area contributed by atoms with Gasteiger partial charge in [0.05, 0.1) is 16.6 Å². The third-order valence-electron chi connectivity index (χ3n) is 8.79. The van der Waals surface area contributed by atoms with Gasteiger partial charge in [0.25, 0.3) is 0 Å². The Morgan fingerprint density at radius 3 is 1.93 bits per heavy atom. The summed E-state index contributed by atoms with van der Waals surface area (Å²) in [6, 6.07) is 51.9. The maximum atomic E-state index is 15.2. The van der Waals surface area contributed by atoms with E-state index in [1.54, 1.807) is 0 Å². The fourth-order valence-corrected chi connectivity index (χ4v) is 9.45. The van der Waals surface area contributed by atoms with Crippen LogP contribution in [0.3, 0.4) is 0 Å². The normalized spacial score (nSPS) is 12.3. The number of para-hydroxylation sites is 2. The average molecular weight is 569 g/mol. The van der Waals surface area contributed by atoms with E-state index in [4.69, 9.17) is 4.98 Å². The summed E-state index contributed by atoms with van der Waals surface area (Å²) in [6.07, 6.45) is 0. The Morgan fingerprint density at radius 2 is 1.14 bits per heavy atom. The number of hydrogen-bond acceptors (Lipinski definition) is 2. The van der Waals surface area contributed by atoms with E-state index in [0.717, 1.165) is 54.3 Å². The van der Waals surface area contributed by atoms with E-state index in [0.29, 0.717) is 0 Å². The second-order valence-electron chi connectivity index (χ2n) is 11.1. The van der Waals surface area contributed by atoms with Crippen LogP contribution in [0.5, 0.6) is 0 Å². The Hall–Kier alpha value is -5.24. The first kappa shape index (κ1) is 24.4. The van der Waals surface area contributed by atoms with Gasteiger partial charge in [-0.3, -0.25) is 4.40 Å². The zero-order valence-electron chi connectivity index (χ0n) is 23.2. The number of hydrogen-bond donors (Lipinski definition) is 0. The third-order valence-corrected chi connectivity index (χ3v) is 11.8. The second kappa shape index (κ2) is 9.13. The lowest BCUT2D eigenvalue weighted by Gasteiger charge is -2.20. The molecule has 0 aliphatic rings. The maximum Gasteiger partial charge on any atom is 0.171 e. The highest BCUT2D eigenvalue weighted by molar-refractivity contribution is 7.85. The van der Waals surface area contributed by atoms with Crippen molar-refractivity contribution in [1.29, 1.82) is 0 Å². The smallest absolute Gasteiger partial charge is 0.171 e. The van der Waals surface area contributed by atoms with Gasteiger partial charge < -0.3 is 4.57 Å². The lowest BCUT2D eigenvalue weighted by atomic mass is 9.98. The van der Waals surface area contributed by atoms with Crippen LogP contribution in [0.2, 0.25) is 0 Å². The van der Waals surface area contributed by atoms with Crippen molar-refractivity contribution in [3.8, 4) is 0 Å². The number of rotatable bonds is 3. The van der Waals surface area contributed by atoms with Gasteiger partial charge in [0, 0.05) is 26.7 Å². The van der Waals surface area contributed by atoms with Crippen molar-refractivity contribution >= 4 is 83.0 Å². The van der Waals surface area contributed by atoms with Gasteiger partial charge in [-0.05, 0) is 57.3 Å². The summed E-state index contributed by atoms with van der Waals surface area (Å²) in [5, 5.41) is 10.6. The molecule has 43 heavy (non-hydrogen) atoms. The van der Waals surface area contributed by atoms with Gasteiger partial charge in [-0.2, -0.15) is 0 Å². The maximum absolute atomic E-state index is 15.2. The summed E-state index contributed by atoms with van der Waals surface area (Å²) in [5.74, 6) is 0. The first-order valence-electron chi connectivity index (χ1n) is 14.5. The molecule has 0 spiro atoms. The van der Waals surface area contributed by atoms with Crippen LogP contribution in [0.15, 0.2) is 152 Å². The van der Waals surface area contributed by atoms with Crippen molar-refractivity contribution in [2.75, 3.05) is 0 Å². The van der Waals surface area contributed by atoms with Gasteiger partial charge in [0.15, 0.2) is 7.14 Å². The third kappa shape index (κ3) is 3.49. The van der Waals surface area contributed by atoms with Crippen LogP contribution in [-0.2, 0) is 4.57 Å². The van der Waals surface area contributed by atoms with Crippen molar-refractivity contribution in [1.82, 2.24) is 9.38 Å². The molecule has 0 bridgehead atoms. The van der Waals surface area contributed by atoms with E-state index in [2.05, 4.69) is 89.3 Å². The minimum absolute atomic E-state index is 0.829. The standard InChI is InChI=1S/C39H25N2OP/c42-43(29-12-3-1-4-13-29,30-14-5-2-6-15-30)31-21-19-27-24-34-33-22-20-26-11-7-8-16-32(26)38(33)39-40-35-17-9-10-18-36(35)41(39)37(34)25-28(27)23-31/h1-25H. The number of pyridine rings is 1. The monoisotopic (exact) mass is 568 g/mol. The lowest BCUT2D eigenvalue weighted by molar-refractivity contribution is 0.592. The van der Waals surface area contributed by atoms with Crippen molar-refractivity contribution in [2.24, 2.45) is 0 Å². The van der Waals surface area contributed by atoms with Crippen molar-refractivity contribution < 1.29 is 4.57 Å². The molecule has 202 valence electrons. The van der Waals surface area contributed by atoms with Crippen LogP contribution in [0, 0.1) is 0 Å². The van der Waals surface area contributed by atoms with Gasteiger partial charge in [0.2, 0.25) is 0 Å². The molecule has 0 N–H and O–H groups in total. The van der Waals surface area contributed by atoms with Crippen molar-refractivity contribution in [2.45, 2.75) is 0 Å². The minimum atomic E-state index is -3.10. The molecule has 0 saturated heterocycles. The Morgan fingerprint density at radius 1 is 0.465 bits per heavy atom. The summed E-state index contributed by atoms with van der Waals surface area (Å²) in [7, 11) is -3.10. The number of benzene rings is 7. The zero-order chi connectivity index (χ0) is 28.5. The predicted molar refractivity (Wildman–Crippen MR) is 182 cm³/mol. The fourth-order valence-electron chi connectivity index (χ4n) is 6.77. The number of aromatic nitrogens is 2. The largest absolute Gasteiger partial charge is 0.309 e. The van der Waals surface area contributed by atoms with E-state index in [1.165, 1.54) is 21.5 Å². The molecule has 4 heteroatoms. The minimum Gasteiger partial charge on any atom is -0.309 e. The van der Waals surface area contributed by atoms with Crippen LogP contribution in [0.1, 0.15) is 0 Å². The summed E-state index contributed by atoms with van der Waals surface area (Å²) in [4.78, 5) is 5.18. The predicted octanol–water partition coefficient (Wildman–Crippen LogP) is 8.74. The molecule has 9 rings (SSSR count). The molecule has 0 unspecified atom stereocenters. The lowest BCUT2D eigenvalue weighted by Crippen LogP contribution is -2.24. The average Bonchev–Trinajstić information content (AvgIpc) is 3.47. The Kier molecular flexibility index (Phi) is 5.17. The molecule has 0 fully saturated rings. The molecule has 0 atom stereocenters. The molecule has 2 heterocycles. The van der Waals surface area contributed by atoms with Gasteiger partial charge >= 0.3 is 0 Å². The fraction of sp³-hybridized carbons (Fsp3) is 0. The van der Waals surface area contributed by atoms with E-state index in [1.807, 2.05) is 66.7 Å². The molecule has 2 aromatic heterocycles. The van der Waals surface area contributed by atoms with E-state index in [9.17, 15) is 0 Å². The molecular formula is C39H25N2OP. The second-order valence-corrected chi connectivity index (χ2v) is 13.9. The summed E-state index contributed by atoms with van der Waals surface area (Å²) in [5.41, 5.74) is 4.09. The molecular weight excluding hydrogens is 543 g/mol. The summed E-state index contributed by atoms with van der Waals surface area (Å²) in [6.45, 7) is 0. The van der Waals surface area contributed by atoms with Crippen LogP contribution >= 0.6 is 7.14 Å². The highest BCUT2D eigenvalue weighted by Crippen LogP contribution is 2.44. The Labute approximate surface area is 248 Å². The SMILES string of the molecule is O=P(c1ccccc1)(c1ccccc1)c1ccc2cc3c4ccc5ccccc5c4c4nc5ccccc5n4c3cc2c1. The summed E-state index contributed by atoms with van der Waals surface area (Å²) >= 11 is 0. The van der Waals surface area contributed by atoms with Gasteiger partial charge in [-0.15, -0.1) is 0 Å². The zero-order valence-corrected chi connectivity index (χ0v) is 24.1. The Balaban J connectivity index is 1.41. The van der Waals surface area contributed by atoms with Gasteiger partial charge in [-0.25, -0.2) is 4.98 Å². The topological polar surface area (TPSA) is 34.4 Å². The summed E-state index contributed by atoms with van der Waals surface area (Å²) < 4.78 is 17.5. The van der Waals surface area contributed by atoms with E-state index in [-0.39, 0.29) is 0 Å². The highest BCUT2D eigenvalue weighted by Gasteiger charge is 2.29. The first-order chi connectivity index (χ1) is 21.2. The Bertz CT molecular complexity index is 2540. The number of nitrogens with zero attached hydrogens (tertiary/aromatic N) is 2. The first-order valence-corrected chi connectivity index (χ1v) is 16.2. The van der Waals surface area contributed by atoms with E-state index < -0.39 is 7.14 Å². The molecule has 0 amide bonds. The molecule has 3 nitrogen and oxygen atoms in total. The highest BCUT2D eigenvalue weighted by atomic mass is 31.2. The number of fused-ring (bicyclic) bond motifs is 11. The molecule has 0 radical (unpaired) electrons. The van der Waals surface area contributed by atoms with Crippen molar-refractivity contribution in [3.63, 3.8) is 0 Å². The van der Waals surface area contributed by atoms with Crippen molar-refractivity contribution in [3.05, 3.63) is 152 Å². The van der Waals surface area contributed by atoms with Crippen LogP contribution in [-0.4, -0.2) is 9.38 Å². The van der Waals surface area contributed by atoms with Gasteiger partial charge in [0.1, 0.15) is 5.65 Å². The van der Waals surface area contributed by atoms with Crippen LogP contribution in [0.4, 0.5) is 0 Å². The molecule has 0 aliphatic heterocycles. The van der Waals surface area contributed by atoms with Crippen LogP contribution in [0.25, 0.3) is 59.9 Å². The van der Waals surface area contributed by atoms with Crippen LogP contribution < -0.4 is 15.9 Å². The molecule has 0 aliphatic carbocycles. The van der Waals surface area contributed by atoms with E-state index >= 15 is 4.57 Å². The molecule has 0 saturated carbocycles. The molecule has 7 aromatic carbocycles. The van der Waals surface area contributed by atoms with Gasteiger partial charge in [-0.1, -0.05) is 121 Å². The number of imidazole rings is 1. The molecule has 9 aromatic rings. The quantitative estimate of drug-likeness (QED) is 0.121.